The van der Waals surface area contributed by atoms with Crippen LogP contribution in [0.4, 0.5) is 0 Å². The zero-order valence-corrected chi connectivity index (χ0v) is 76.9. The van der Waals surface area contributed by atoms with E-state index in [0.717, 1.165) is 115 Å². The van der Waals surface area contributed by atoms with Crippen molar-refractivity contribution in [3.05, 3.63) is 209 Å². The fraction of sp³-hybridized carbons (Fsp3) is 0.625. The molecule has 7 aromatic carbocycles. The lowest BCUT2D eigenvalue weighted by Gasteiger charge is -2.40. The molecule has 0 saturated heterocycles. The molecule has 7 aromatic rings. The van der Waals surface area contributed by atoms with E-state index in [1.165, 1.54) is 65.4 Å². The van der Waals surface area contributed by atoms with Gasteiger partial charge >= 0.3 is 0 Å². The predicted molar refractivity (Wildman–Crippen MR) is 542 cm³/mol. The summed E-state index contributed by atoms with van der Waals surface area (Å²) in [6.45, 7) is -37.0. The van der Waals surface area contributed by atoms with Crippen LogP contribution in [-0.2, 0) is 0 Å². The summed E-state index contributed by atoms with van der Waals surface area (Å²) in [5.41, 5.74) is -11.5. The predicted octanol–water partition coefficient (Wildman–Crippen LogP) is 19.1. The topological polar surface area (TPSA) is 306 Å². The maximum Gasteiger partial charge on any atom is 0.115 e. The van der Waals surface area contributed by atoms with E-state index < -0.39 is 252 Å². The number of aliphatic hydroxyl groups is 7. The van der Waals surface area contributed by atoms with Crippen LogP contribution in [0, 0.1) is 0 Å². The molecule has 0 heterocycles. The molecule has 7 unspecified atom stereocenters. The number of rotatable bonds is 28. The van der Waals surface area contributed by atoms with Crippen LogP contribution in [0.5, 0.6) is 40.2 Å². The summed E-state index contributed by atoms with van der Waals surface area (Å²) in [5.74, 6) is -13.1. The lowest BCUT2D eigenvalue weighted by Crippen LogP contribution is -2.42. The van der Waals surface area contributed by atoms with Crippen molar-refractivity contribution in [3.8, 4) is 40.2 Å². The lowest BCUT2D eigenvalue weighted by molar-refractivity contribution is -0.0280. The van der Waals surface area contributed by atoms with Gasteiger partial charge in [0.25, 0.3) is 0 Å². The van der Waals surface area contributed by atoms with Crippen LogP contribution in [0.15, 0.2) is 170 Å². The Kier molecular flexibility index (Phi) is 22.3. The second-order valence-corrected chi connectivity index (χ2v) is 36.1. The van der Waals surface area contributed by atoms with Crippen molar-refractivity contribution < 1.29 is 147 Å². The molecule has 133 heavy (non-hydrogen) atoms. The third kappa shape index (κ3) is 35.2. The molecule has 7 saturated carbocycles. The fourth-order valence-corrected chi connectivity index (χ4v) is 18.5. The molecule has 0 amide bonds. The molecule has 7 fully saturated rings. The Balaban J connectivity index is 0.000000264. The Hall–Kier alpha value is -7.42. The van der Waals surface area contributed by atoms with Gasteiger partial charge in [-0.05, 0) is 311 Å². The minimum atomic E-state index is -4.71. The van der Waals surface area contributed by atoms with Crippen LogP contribution in [0.3, 0.4) is 0 Å². The summed E-state index contributed by atoms with van der Waals surface area (Å²) in [4.78, 5) is 4.55. The molecule has 0 radical (unpaired) electrons. The molecule has 21 heteroatoms. The van der Waals surface area contributed by atoms with Crippen LogP contribution >= 0.6 is 0 Å². The van der Waals surface area contributed by atoms with Crippen LogP contribution in [0.25, 0.3) is 0 Å². The highest BCUT2D eigenvalue weighted by Crippen LogP contribution is 2.48. The Morgan fingerprint density at radius 2 is 0.466 bits per heavy atom. The number of aromatic hydroxyl groups is 7. The Bertz CT molecular complexity index is 6860. The second kappa shape index (κ2) is 53.5. The third-order valence-electron chi connectivity index (χ3n) is 25.3. The number of phenols is 7. The first-order chi connectivity index (χ1) is 84.9. The molecular weight excluding hydrogens is 1670 g/mol. The van der Waals surface area contributed by atoms with Gasteiger partial charge in [0.2, 0.25) is 0 Å². The summed E-state index contributed by atoms with van der Waals surface area (Å²) < 4.78 is 436. The van der Waals surface area contributed by atoms with E-state index in [1.807, 2.05) is 19.0 Å². The minimum Gasteiger partial charge on any atom is -0.508 e. The monoisotopic (exact) mass is 1900 g/mol. The molecule has 14 N–H and O–H groups in total. The van der Waals surface area contributed by atoms with Crippen LogP contribution in [0.1, 0.15) is 380 Å². The first kappa shape index (κ1) is 55.4. The molecule has 0 aromatic heterocycles. The molecule has 7 aliphatic carbocycles. The highest BCUT2D eigenvalue weighted by molar-refractivity contribution is 5.37. The zero-order chi connectivity index (χ0) is 145. The molecule has 14 rings (SSSR count). The average Bonchev–Trinajstić information content (AvgIpc) is 0.636. The number of likely N-dealkylation sites (N-methyl/N-ethyl adjacent to an activating group) is 7. The van der Waals surface area contributed by atoms with E-state index in [0.29, 0.717) is 142 Å². The first-order valence-electron chi connectivity index (χ1n) is 72.7. The van der Waals surface area contributed by atoms with Gasteiger partial charge in [-0.15, -0.1) is 0 Å². The summed E-state index contributed by atoms with van der Waals surface area (Å²) in [5, 5.41) is 147. The average molecular weight is 1900 g/mol. The molecular formula is C112H175N7O14. The lowest BCUT2D eigenvalue weighted by atomic mass is 9.72. The zero-order valence-electron chi connectivity index (χ0n) is 132. The van der Waals surface area contributed by atoms with Gasteiger partial charge in [-0.2, -0.15) is 0 Å². The Labute approximate surface area is 877 Å². The minimum absolute atomic E-state index is 0.0411. The van der Waals surface area contributed by atoms with Crippen molar-refractivity contribution in [2.45, 2.75) is 305 Å². The van der Waals surface area contributed by atoms with Crippen molar-refractivity contribution in [2.24, 2.45) is 0 Å². The van der Waals surface area contributed by atoms with Gasteiger partial charge in [-0.25, -0.2) is 0 Å². The van der Waals surface area contributed by atoms with E-state index in [4.69, 9.17) is 75.4 Å². The normalized spacial score (nSPS) is 29.8. The molecule has 0 bridgehead atoms. The summed E-state index contributed by atoms with van der Waals surface area (Å²) in [7, 11) is 9.77. The molecule has 742 valence electrons. The van der Waals surface area contributed by atoms with E-state index in [2.05, 4.69) is 0 Å². The van der Waals surface area contributed by atoms with Gasteiger partial charge in [0.1, 0.15) is 40.2 Å². The number of benzene rings is 7. The van der Waals surface area contributed by atoms with Crippen molar-refractivity contribution in [3.63, 3.8) is 0 Å². The largest absolute Gasteiger partial charge is 0.508 e. The van der Waals surface area contributed by atoms with Crippen LogP contribution in [-0.4, -0.2) is 289 Å². The molecule has 21 nitrogen and oxygen atoms in total. The molecule has 0 aliphatic heterocycles. The third-order valence-corrected chi connectivity index (χ3v) is 25.3. The van der Waals surface area contributed by atoms with Gasteiger partial charge in [-0.1, -0.05) is 220 Å². The number of phenolic OH excluding ortho intramolecular Hbond substituents is 7. The van der Waals surface area contributed by atoms with E-state index in [1.54, 1.807) is 26.2 Å². The SMILES string of the molecule is [2H]C([2H])([2H])N(C([2H])([2H])[2H])C([2H])([2H])C([2H])(c1ccc(O)cc1)C1(O)C([2H])([2H])C([2H])([2H])C([2H])([2H])C([2H])([2H])C1([2H])[2H].[2H]c1cc(C(C2(O)CCCCC2)C([2H])([2H])N(C([2H])([2H])[2H])C([2H])([2H])[2H])cc([2H])c1O.[2H]c1cc(C(C2(O)CCCCC2)C([2H])([2H])N(C)C([2H])([2H])[2H])cc([2H])c1O.[2H]c1cc(C(C2(O)CCCCC2)C([2H])([2H])N(C)C)cc([2H])c1O.[2H]c1cc(C(CN(C([2H])([2H])[2H])C([2H])([2H])[2H])C2(O)CCCCC2)cc([2H])c1O.[2H]c1cc(C(CN(C)C([2H])([2H])[2H])C2(O)CCCCC2)cc([2H])c1O.[2H]c1cc(C(CN(C)C)C2(O)CCCCC2)cc([2H])c1O. The van der Waals surface area contributed by atoms with Crippen LogP contribution < -0.4 is 0 Å². The fourth-order valence-electron chi connectivity index (χ4n) is 18.5. The van der Waals surface area contributed by atoms with Gasteiger partial charge in [0.15, 0.2) is 0 Å². The summed E-state index contributed by atoms with van der Waals surface area (Å²) in [6.07, 6.45) is -1.24. The smallest absolute Gasteiger partial charge is 0.115 e. The number of nitrogens with zero attached hydrogens (tertiary/aromatic N) is 7. The standard InChI is InChI=1S/7C16H25NO2/c7*1-17(2)12-15(13-6-8-14(18)9-7-13)16(19)10-4-3-5-11-16/h7*6-9,15,18-19H,3-5,10-12H2,1-2H3/i1D3,2D3,3D2,4D2,5D2,10D2,11D2,12D2,15D;1D3,2D3,8D,9D,12D2;1D3,8D,9D,12D2;1D3,2D3,8D,9D;8D,9D,12D2;1D3,8D,9D;8D,9D. The number of hydrogen-bond donors (Lipinski definition) is 14. The van der Waals surface area contributed by atoms with E-state index >= 15 is 0 Å². The van der Waals surface area contributed by atoms with Crippen molar-refractivity contribution in [1.82, 2.24) is 34.3 Å². The summed E-state index contributed by atoms with van der Waals surface area (Å²) >= 11 is 0. The van der Waals surface area contributed by atoms with E-state index in [-0.39, 0.29) is 113 Å². The molecule has 0 spiro atoms. The summed E-state index contributed by atoms with van der Waals surface area (Å²) in [6, 6.07) is 15.1. The highest BCUT2D eigenvalue weighted by atomic mass is 16.3. The van der Waals surface area contributed by atoms with Gasteiger partial charge in [0.05, 0.1) is 55.7 Å². The first-order valence-corrected chi connectivity index (χ1v) is 45.2. The maximum atomic E-state index is 11.9. The van der Waals surface area contributed by atoms with E-state index in [9.17, 15) is 71.5 Å². The maximum absolute atomic E-state index is 11.9. The Morgan fingerprint density at radius 3 is 0.714 bits per heavy atom. The highest BCUT2D eigenvalue weighted by Gasteiger charge is 2.46. The molecule has 7 atom stereocenters. The van der Waals surface area contributed by atoms with Crippen LogP contribution in [0.2, 0.25) is 0 Å². The molecule has 7 aliphatic rings. The van der Waals surface area contributed by atoms with Gasteiger partial charge in [-0.3, -0.25) is 0 Å². The van der Waals surface area contributed by atoms with Crippen molar-refractivity contribution in [2.75, 3.05) is 144 Å². The quantitative estimate of drug-likeness (QED) is 0.0217. The number of hydrogen-bond acceptors (Lipinski definition) is 21. The Morgan fingerprint density at radius 1 is 0.248 bits per heavy atom. The van der Waals surface area contributed by atoms with Crippen molar-refractivity contribution in [1.29, 1.82) is 0 Å². The van der Waals surface area contributed by atoms with Gasteiger partial charge < -0.3 is 106 Å². The second-order valence-electron chi connectivity index (χ2n) is 36.1. The van der Waals surface area contributed by atoms with Gasteiger partial charge in [0, 0.05) is 146 Å². The van der Waals surface area contributed by atoms with Crippen molar-refractivity contribution >= 4 is 0 Å².